The van der Waals surface area contributed by atoms with Gasteiger partial charge in [-0.2, -0.15) is 10.1 Å². The Morgan fingerprint density at radius 2 is 2.32 bits per heavy atom. The molecule has 0 radical (unpaired) electrons. The third-order valence-electron chi connectivity index (χ3n) is 3.45. The van der Waals surface area contributed by atoms with Crippen molar-refractivity contribution >= 4 is 11.9 Å². The molecule has 0 bridgehead atoms. The third-order valence-corrected chi connectivity index (χ3v) is 3.45. The predicted octanol–water partition coefficient (Wildman–Crippen LogP) is 2.27. The molecule has 1 atom stereocenters. The summed E-state index contributed by atoms with van der Waals surface area (Å²) in [4.78, 5) is 16.4. The molecule has 2 aromatic rings. The number of halogens is 1. The van der Waals surface area contributed by atoms with Gasteiger partial charge in [0.05, 0.1) is 12.2 Å². The van der Waals surface area contributed by atoms with Crippen molar-refractivity contribution in [1.82, 2.24) is 14.8 Å². The second-order valence-corrected chi connectivity index (χ2v) is 4.87. The van der Waals surface area contributed by atoms with E-state index >= 15 is 0 Å². The van der Waals surface area contributed by atoms with Crippen molar-refractivity contribution in [2.75, 3.05) is 11.9 Å². The maximum absolute atomic E-state index is 13.6. The molecule has 1 aromatic heterocycles. The Morgan fingerprint density at radius 1 is 1.50 bits per heavy atom. The van der Waals surface area contributed by atoms with E-state index in [1.807, 2.05) is 0 Å². The van der Waals surface area contributed by atoms with E-state index in [9.17, 15) is 9.18 Å². The highest BCUT2D eigenvalue weighted by Crippen LogP contribution is 2.35. The van der Waals surface area contributed by atoms with Crippen LogP contribution in [0.15, 0.2) is 41.9 Å². The minimum absolute atomic E-state index is 0.260. The predicted molar refractivity (Wildman–Crippen MR) is 77.5 cm³/mol. The van der Waals surface area contributed by atoms with Gasteiger partial charge in [-0.1, -0.05) is 12.1 Å². The maximum atomic E-state index is 13.6. The monoisotopic (exact) mass is 302 g/mol. The summed E-state index contributed by atoms with van der Waals surface area (Å²) < 4.78 is 20.3. The highest BCUT2D eigenvalue weighted by Gasteiger charge is 2.34. The number of hydrogen-bond acceptors (Lipinski definition) is 5. The number of ether oxygens (including phenoxy) is 1. The van der Waals surface area contributed by atoms with Gasteiger partial charge in [-0.05, 0) is 31.5 Å². The SMILES string of the molecule is CCOC(=O)C1=C(C)Nc2ncnn2C1c1cccc(F)c1. The van der Waals surface area contributed by atoms with Gasteiger partial charge in [-0.15, -0.1) is 0 Å². The number of benzene rings is 1. The molecule has 0 saturated carbocycles. The first-order chi connectivity index (χ1) is 10.6. The van der Waals surface area contributed by atoms with Gasteiger partial charge in [0.2, 0.25) is 5.95 Å². The summed E-state index contributed by atoms with van der Waals surface area (Å²) in [6.45, 7) is 3.76. The Morgan fingerprint density at radius 3 is 3.05 bits per heavy atom. The zero-order valence-electron chi connectivity index (χ0n) is 12.2. The molecule has 1 aliphatic heterocycles. The number of nitrogens with zero attached hydrogens (tertiary/aromatic N) is 3. The number of carbonyl (C=O) groups excluding carboxylic acids is 1. The summed E-state index contributed by atoms with van der Waals surface area (Å²) in [5.41, 5.74) is 1.62. The molecule has 0 spiro atoms. The average molecular weight is 302 g/mol. The topological polar surface area (TPSA) is 69.0 Å². The zero-order valence-corrected chi connectivity index (χ0v) is 12.2. The molecule has 0 fully saturated rings. The summed E-state index contributed by atoms with van der Waals surface area (Å²) in [5.74, 6) is -0.332. The molecule has 2 heterocycles. The van der Waals surface area contributed by atoms with Crippen LogP contribution < -0.4 is 5.32 Å². The molecular weight excluding hydrogens is 287 g/mol. The van der Waals surface area contributed by atoms with Crippen LogP contribution in [0.2, 0.25) is 0 Å². The standard InChI is InChI=1S/C15H15FN4O2/c1-3-22-14(21)12-9(2)19-15-17-8-18-20(15)13(12)10-5-4-6-11(16)7-10/h4-8,13H,3H2,1-2H3,(H,17,18,19). The van der Waals surface area contributed by atoms with E-state index in [0.29, 0.717) is 22.8 Å². The van der Waals surface area contributed by atoms with Crippen LogP contribution in [0.1, 0.15) is 25.5 Å². The van der Waals surface area contributed by atoms with Gasteiger partial charge in [0.25, 0.3) is 0 Å². The van der Waals surface area contributed by atoms with E-state index in [4.69, 9.17) is 4.74 Å². The number of carbonyl (C=O) groups is 1. The van der Waals surface area contributed by atoms with Crippen molar-refractivity contribution in [2.45, 2.75) is 19.9 Å². The van der Waals surface area contributed by atoms with Crippen molar-refractivity contribution in [2.24, 2.45) is 0 Å². The van der Waals surface area contributed by atoms with Crippen LogP contribution in [0.3, 0.4) is 0 Å². The van der Waals surface area contributed by atoms with Crippen LogP contribution >= 0.6 is 0 Å². The lowest BCUT2D eigenvalue weighted by molar-refractivity contribution is -0.139. The van der Waals surface area contributed by atoms with Crippen LogP contribution in [0.4, 0.5) is 10.3 Å². The van der Waals surface area contributed by atoms with Gasteiger partial charge in [0.1, 0.15) is 18.2 Å². The first-order valence-electron chi connectivity index (χ1n) is 6.91. The second kappa shape index (κ2) is 5.59. The smallest absolute Gasteiger partial charge is 0.338 e. The lowest BCUT2D eigenvalue weighted by Gasteiger charge is -2.28. The number of aromatic nitrogens is 3. The highest BCUT2D eigenvalue weighted by atomic mass is 19.1. The van der Waals surface area contributed by atoms with E-state index in [2.05, 4.69) is 15.4 Å². The summed E-state index contributed by atoms with van der Waals surface area (Å²) >= 11 is 0. The van der Waals surface area contributed by atoms with Crippen LogP contribution in [0.5, 0.6) is 0 Å². The Balaban J connectivity index is 2.15. The summed E-state index contributed by atoms with van der Waals surface area (Å²) in [6, 6.07) is 5.51. The highest BCUT2D eigenvalue weighted by molar-refractivity contribution is 5.92. The average Bonchev–Trinajstić information content (AvgIpc) is 2.93. The van der Waals surface area contributed by atoms with E-state index in [0.717, 1.165) is 0 Å². The molecule has 0 aliphatic carbocycles. The fourth-order valence-electron chi connectivity index (χ4n) is 2.55. The molecule has 0 amide bonds. The van der Waals surface area contributed by atoms with Gasteiger partial charge >= 0.3 is 5.97 Å². The zero-order chi connectivity index (χ0) is 15.7. The quantitative estimate of drug-likeness (QED) is 0.881. The molecular formula is C15H15FN4O2. The molecule has 1 N–H and O–H groups in total. The number of nitrogens with one attached hydrogen (secondary N) is 1. The van der Waals surface area contributed by atoms with E-state index in [-0.39, 0.29) is 12.4 Å². The van der Waals surface area contributed by atoms with Crippen LogP contribution in [0, 0.1) is 5.82 Å². The fourth-order valence-corrected chi connectivity index (χ4v) is 2.55. The number of rotatable bonds is 3. The summed E-state index contributed by atoms with van der Waals surface area (Å²) in [5, 5.41) is 7.17. The molecule has 1 aromatic carbocycles. The molecule has 22 heavy (non-hydrogen) atoms. The first-order valence-corrected chi connectivity index (χ1v) is 6.91. The van der Waals surface area contributed by atoms with Gasteiger partial charge in [0.15, 0.2) is 0 Å². The lowest BCUT2D eigenvalue weighted by Crippen LogP contribution is -2.29. The van der Waals surface area contributed by atoms with Crippen molar-refractivity contribution in [3.63, 3.8) is 0 Å². The van der Waals surface area contributed by atoms with Gasteiger partial charge < -0.3 is 10.1 Å². The summed E-state index contributed by atoms with van der Waals surface area (Å²) in [6.07, 6.45) is 1.38. The van der Waals surface area contributed by atoms with Crippen molar-refractivity contribution < 1.29 is 13.9 Å². The van der Waals surface area contributed by atoms with Gasteiger partial charge in [0, 0.05) is 5.70 Å². The number of esters is 1. The van der Waals surface area contributed by atoms with Crippen molar-refractivity contribution in [3.05, 3.63) is 53.2 Å². The molecule has 114 valence electrons. The van der Waals surface area contributed by atoms with E-state index < -0.39 is 12.0 Å². The van der Waals surface area contributed by atoms with Crippen LogP contribution in [-0.4, -0.2) is 27.3 Å². The maximum Gasteiger partial charge on any atom is 0.338 e. The Labute approximate surface area is 126 Å². The lowest BCUT2D eigenvalue weighted by atomic mass is 9.96. The van der Waals surface area contributed by atoms with Crippen molar-refractivity contribution in [3.8, 4) is 0 Å². The van der Waals surface area contributed by atoms with Crippen LogP contribution in [-0.2, 0) is 9.53 Å². The number of hydrogen-bond donors (Lipinski definition) is 1. The van der Waals surface area contributed by atoms with E-state index in [1.165, 1.54) is 18.5 Å². The minimum Gasteiger partial charge on any atom is -0.463 e. The molecule has 7 heteroatoms. The van der Waals surface area contributed by atoms with Gasteiger partial charge in [-0.25, -0.2) is 13.9 Å². The van der Waals surface area contributed by atoms with E-state index in [1.54, 1.807) is 30.7 Å². The molecule has 0 saturated heterocycles. The number of fused-ring (bicyclic) bond motifs is 1. The minimum atomic E-state index is -0.575. The molecule has 1 aliphatic rings. The molecule has 3 rings (SSSR count). The van der Waals surface area contributed by atoms with Crippen LogP contribution in [0.25, 0.3) is 0 Å². The molecule has 6 nitrogen and oxygen atoms in total. The molecule has 1 unspecified atom stereocenters. The fraction of sp³-hybridized carbons (Fsp3) is 0.267. The van der Waals surface area contributed by atoms with Crippen molar-refractivity contribution in [1.29, 1.82) is 0 Å². The largest absolute Gasteiger partial charge is 0.463 e. The number of allylic oxidation sites excluding steroid dienone is 1. The second-order valence-electron chi connectivity index (χ2n) is 4.87. The Kier molecular flexibility index (Phi) is 3.62. The first kappa shape index (κ1) is 14.2. The van der Waals surface area contributed by atoms with Gasteiger partial charge in [-0.3, -0.25) is 0 Å². The number of anilines is 1. The summed E-state index contributed by atoms with van der Waals surface area (Å²) in [7, 11) is 0. The third kappa shape index (κ3) is 2.34. The normalized spacial score (nSPS) is 17.0. The Hall–Kier alpha value is -2.70. The Bertz CT molecular complexity index is 754.